The molecule has 2 saturated heterocycles. The minimum Gasteiger partial charge on any atom is -0.379 e. The van der Waals surface area contributed by atoms with Gasteiger partial charge in [0.15, 0.2) is 0 Å². The molecular weight excluding hydrogens is 371 g/mol. The maximum Gasteiger partial charge on any atom is 0.234 e. The van der Waals surface area contributed by atoms with Gasteiger partial charge >= 0.3 is 0 Å². The third-order valence-electron chi connectivity index (χ3n) is 5.87. The lowest BCUT2D eigenvalue weighted by Gasteiger charge is -2.34. The topological polar surface area (TPSA) is 57.7 Å². The van der Waals surface area contributed by atoms with E-state index in [1.807, 2.05) is 6.92 Å². The number of amides is 1. The van der Waals surface area contributed by atoms with Crippen molar-refractivity contribution < 1.29 is 13.9 Å². The molecule has 2 aromatic rings. The number of carbonyl (C=O) groups excluding carboxylic acids is 1. The number of carbonyl (C=O) groups is 1. The Morgan fingerprint density at radius 1 is 1.28 bits per heavy atom. The first-order valence-electron chi connectivity index (χ1n) is 10.5. The molecule has 1 aromatic heterocycles. The van der Waals surface area contributed by atoms with Crippen LogP contribution in [0.3, 0.4) is 0 Å². The van der Waals surface area contributed by atoms with Crippen LogP contribution in [0.15, 0.2) is 24.3 Å². The van der Waals surface area contributed by atoms with Crippen LogP contribution >= 0.6 is 0 Å². The largest absolute Gasteiger partial charge is 0.379 e. The van der Waals surface area contributed by atoms with Crippen molar-refractivity contribution in [3.63, 3.8) is 0 Å². The van der Waals surface area contributed by atoms with Crippen molar-refractivity contribution in [3.05, 3.63) is 35.6 Å². The molecular formula is C22H29FN4O2. The average Bonchev–Trinajstić information content (AvgIpc) is 2.73. The smallest absolute Gasteiger partial charge is 0.234 e. The van der Waals surface area contributed by atoms with Crippen molar-refractivity contribution >= 4 is 22.6 Å². The number of morpholine rings is 1. The number of ether oxygens (including phenoxy) is 1. The van der Waals surface area contributed by atoms with Crippen molar-refractivity contribution in [2.45, 2.75) is 19.8 Å². The Morgan fingerprint density at radius 3 is 2.93 bits per heavy atom. The molecule has 0 aliphatic carbocycles. The summed E-state index contributed by atoms with van der Waals surface area (Å²) in [6.07, 6.45) is 2.15. The van der Waals surface area contributed by atoms with Gasteiger partial charge in [-0.2, -0.15) is 0 Å². The third-order valence-corrected chi connectivity index (χ3v) is 5.87. The van der Waals surface area contributed by atoms with Crippen LogP contribution < -0.4 is 10.2 Å². The molecule has 1 atom stereocenters. The van der Waals surface area contributed by atoms with E-state index in [9.17, 15) is 9.18 Å². The molecule has 1 amide bonds. The standard InChI is InChI=1S/C22H29FN4O2/c1-16-11-21(25-20-12-18(23)4-5-19(16)20)27-6-2-3-17(14-27)13-24-22(28)15-26-7-9-29-10-8-26/h4-5,11-12,17H,2-3,6-10,13-15H2,1H3,(H,24,28). The maximum atomic E-state index is 13.6. The molecule has 0 spiro atoms. The predicted octanol–water partition coefficient (Wildman–Crippen LogP) is 2.35. The zero-order valence-corrected chi connectivity index (χ0v) is 17.0. The van der Waals surface area contributed by atoms with Gasteiger partial charge in [-0.15, -0.1) is 0 Å². The molecule has 156 valence electrons. The van der Waals surface area contributed by atoms with E-state index >= 15 is 0 Å². The number of aryl methyl sites for hydroxylation is 1. The second-order valence-corrected chi connectivity index (χ2v) is 8.11. The van der Waals surface area contributed by atoms with Crippen LogP contribution in [0.5, 0.6) is 0 Å². The van der Waals surface area contributed by atoms with Gasteiger partial charge < -0.3 is 15.0 Å². The summed E-state index contributed by atoms with van der Waals surface area (Å²) >= 11 is 0. The molecule has 0 bridgehead atoms. The van der Waals surface area contributed by atoms with Crippen LogP contribution in [0.25, 0.3) is 10.9 Å². The molecule has 3 heterocycles. The molecule has 2 aliphatic rings. The fourth-order valence-corrected chi connectivity index (χ4v) is 4.24. The number of pyridine rings is 1. The molecule has 1 aromatic carbocycles. The first-order valence-corrected chi connectivity index (χ1v) is 10.5. The summed E-state index contributed by atoms with van der Waals surface area (Å²) in [5.41, 5.74) is 1.80. The summed E-state index contributed by atoms with van der Waals surface area (Å²) in [7, 11) is 0. The quantitative estimate of drug-likeness (QED) is 0.835. The van der Waals surface area contributed by atoms with Gasteiger partial charge in [0.1, 0.15) is 11.6 Å². The molecule has 2 fully saturated rings. The lowest BCUT2D eigenvalue weighted by Crippen LogP contribution is -2.46. The zero-order chi connectivity index (χ0) is 20.2. The Hall–Kier alpha value is -2.25. The summed E-state index contributed by atoms with van der Waals surface area (Å²) in [6, 6.07) is 6.85. The lowest BCUT2D eigenvalue weighted by molar-refractivity contribution is -0.123. The van der Waals surface area contributed by atoms with Crippen LogP contribution in [0.1, 0.15) is 18.4 Å². The Labute approximate surface area is 171 Å². The summed E-state index contributed by atoms with van der Waals surface area (Å²) in [4.78, 5) is 21.4. The Morgan fingerprint density at radius 2 is 2.10 bits per heavy atom. The van der Waals surface area contributed by atoms with E-state index in [0.717, 1.165) is 55.8 Å². The maximum absolute atomic E-state index is 13.6. The molecule has 4 rings (SSSR count). The van der Waals surface area contributed by atoms with Gasteiger partial charge in [0.05, 0.1) is 25.3 Å². The summed E-state index contributed by atoms with van der Waals surface area (Å²) in [5.74, 6) is 1.10. The highest BCUT2D eigenvalue weighted by Crippen LogP contribution is 2.26. The molecule has 29 heavy (non-hydrogen) atoms. The fraction of sp³-hybridized carbons (Fsp3) is 0.545. The Balaban J connectivity index is 1.35. The number of benzene rings is 1. The number of piperidine rings is 1. The molecule has 6 nitrogen and oxygen atoms in total. The first-order chi connectivity index (χ1) is 14.1. The van der Waals surface area contributed by atoms with E-state index in [-0.39, 0.29) is 11.7 Å². The number of aromatic nitrogens is 1. The highest BCUT2D eigenvalue weighted by atomic mass is 19.1. The van der Waals surface area contributed by atoms with E-state index in [1.54, 1.807) is 6.07 Å². The van der Waals surface area contributed by atoms with Crippen molar-refractivity contribution in [3.8, 4) is 0 Å². The van der Waals surface area contributed by atoms with Crippen molar-refractivity contribution in [1.29, 1.82) is 0 Å². The lowest BCUT2D eigenvalue weighted by atomic mass is 9.97. The van der Waals surface area contributed by atoms with Crippen molar-refractivity contribution in [2.75, 3.05) is 57.4 Å². The van der Waals surface area contributed by atoms with E-state index < -0.39 is 0 Å². The van der Waals surface area contributed by atoms with E-state index in [0.29, 0.717) is 37.7 Å². The molecule has 2 aliphatic heterocycles. The monoisotopic (exact) mass is 400 g/mol. The van der Waals surface area contributed by atoms with Gasteiger partial charge in [0.25, 0.3) is 0 Å². The van der Waals surface area contributed by atoms with E-state index in [1.165, 1.54) is 12.1 Å². The SMILES string of the molecule is Cc1cc(N2CCCC(CNC(=O)CN3CCOCC3)C2)nc2cc(F)ccc12. The second kappa shape index (κ2) is 9.05. The normalized spacial score (nSPS) is 20.8. The minimum absolute atomic E-state index is 0.0826. The Bertz CT molecular complexity index is 869. The predicted molar refractivity (Wildman–Crippen MR) is 112 cm³/mol. The summed E-state index contributed by atoms with van der Waals surface area (Å²) in [5, 5.41) is 4.09. The number of nitrogens with one attached hydrogen (secondary N) is 1. The van der Waals surface area contributed by atoms with Crippen molar-refractivity contribution in [1.82, 2.24) is 15.2 Å². The number of hydrogen-bond acceptors (Lipinski definition) is 5. The number of nitrogens with zero attached hydrogens (tertiary/aromatic N) is 3. The van der Waals surface area contributed by atoms with Crippen LogP contribution in [0, 0.1) is 18.7 Å². The van der Waals surface area contributed by atoms with Gasteiger partial charge in [0, 0.05) is 44.2 Å². The van der Waals surface area contributed by atoms with Crippen LogP contribution in [-0.2, 0) is 9.53 Å². The molecule has 1 unspecified atom stereocenters. The summed E-state index contributed by atoms with van der Waals surface area (Å²) in [6.45, 7) is 7.99. The minimum atomic E-state index is -0.263. The van der Waals surface area contributed by atoms with Crippen molar-refractivity contribution in [2.24, 2.45) is 5.92 Å². The molecule has 1 N–H and O–H groups in total. The molecule has 7 heteroatoms. The fourth-order valence-electron chi connectivity index (χ4n) is 4.24. The van der Waals surface area contributed by atoms with E-state index in [4.69, 9.17) is 9.72 Å². The third kappa shape index (κ3) is 5.03. The van der Waals surface area contributed by atoms with Gasteiger partial charge in [0.2, 0.25) is 5.91 Å². The number of hydrogen-bond donors (Lipinski definition) is 1. The van der Waals surface area contributed by atoms with Gasteiger partial charge in [-0.1, -0.05) is 0 Å². The van der Waals surface area contributed by atoms with Crippen LogP contribution in [0.4, 0.5) is 10.2 Å². The average molecular weight is 400 g/mol. The number of rotatable bonds is 5. The van der Waals surface area contributed by atoms with Gasteiger partial charge in [-0.25, -0.2) is 9.37 Å². The first kappa shape index (κ1) is 20.0. The summed E-state index contributed by atoms with van der Waals surface area (Å²) < 4.78 is 19.0. The number of fused-ring (bicyclic) bond motifs is 1. The van der Waals surface area contributed by atoms with Crippen LogP contribution in [0.2, 0.25) is 0 Å². The Kier molecular flexibility index (Phi) is 6.25. The highest BCUT2D eigenvalue weighted by Gasteiger charge is 2.23. The zero-order valence-electron chi connectivity index (χ0n) is 17.0. The molecule has 0 radical (unpaired) electrons. The van der Waals surface area contributed by atoms with Gasteiger partial charge in [-0.05, 0) is 49.4 Å². The number of anilines is 1. The number of halogens is 1. The van der Waals surface area contributed by atoms with Crippen LogP contribution in [-0.4, -0.2) is 68.3 Å². The highest BCUT2D eigenvalue weighted by molar-refractivity contribution is 5.84. The molecule has 0 saturated carbocycles. The van der Waals surface area contributed by atoms with E-state index in [2.05, 4.69) is 21.2 Å². The van der Waals surface area contributed by atoms with Gasteiger partial charge in [-0.3, -0.25) is 9.69 Å². The second-order valence-electron chi connectivity index (χ2n) is 8.11.